The van der Waals surface area contributed by atoms with Crippen LogP contribution in [0.5, 0.6) is 0 Å². The van der Waals surface area contributed by atoms with E-state index < -0.39 is 0 Å². The van der Waals surface area contributed by atoms with E-state index >= 15 is 0 Å². The minimum absolute atomic E-state index is 0.230. The molecule has 2 rings (SSSR count). The van der Waals surface area contributed by atoms with Gasteiger partial charge in [-0.2, -0.15) is 5.26 Å². The first kappa shape index (κ1) is 13.5. The van der Waals surface area contributed by atoms with Crippen LogP contribution in [-0.2, 0) is 6.54 Å². The van der Waals surface area contributed by atoms with Crippen LogP contribution < -0.4 is 0 Å². The van der Waals surface area contributed by atoms with Crippen LogP contribution in [-0.4, -0.2) is 29.2 Å². The molecule has 3 nitrogen and oxygen atoms in total. The minimum atomic E-state index is 0.230. The van der Waals surface area contributed by atoms with Crippen molar-refractivity contribution in [2.45, 2.75) is 31.8 Å². The zero-order valence-electron chi connectivity index (χ0n) is 10.3. The molecule has 1 N–H and O–H groups in total. The van der Waals surface area contributed by atoms with Gasteiger partial charge in [-0.15, -0.1) is 0 Å². The lowest BCUT2D eigenvalue weighted by molar-refractivity contribution is 0.0839. The van der Waals surface area contributed by atoms with Crippen molar-refractivity contribution in [1.29, 1.82) is 5.26 Å². The largest absolute Gasteiger partial charge is 0.395 e. The topological polar surface area (TPSA) is 47.3 Å². The van der Waals surface area contributed by atoms with Crippen molar-refractivity contribution >= 4 is 15.9 Å². The number of aliphatic hydroxyl groups is 1. The van der Waals surface area contributed by atoms with Crippen molar-refractivity contribution in [3.63, 3.8) is 0 Å². The van der Waals surface area contributed by atoms with Gasteiger partial charge in [-0.1, -0.05) is 28.4 Å². The van der Waals surface area contributed by atoms with Gasteiger partial charge in [-0.25, -0.2) is 0 Å². The van der Waals surface area contributed by atoms with Crippen LogP contribution in [0.25, 0.3) is 0 Å². The molecule has 0 unspecified atom stereocenters. The van der Waals surface area contributed by atoms with Gasteiger partial charge in [-0.3, -0.25) is 4.90 Å². The number of rotatable bonds is 3. The Morgan fingerprint density at radius 1 is 1.44 bits per heavy atom. The van der Waals surface area contributed by atoms with Crippen molar-refractivity contribution in [2.24, 2.45) is 0 Å². The molecule has 1 heterocycles. The second kappa shape index (κ2) is 6.33. The fourth-order valence-electron chi connectivity index (χ4n) is 2.44. The summed E-state index contributed by atoms with van der Waals surface area (Å²) in [7, 11) is 0. The Labute approximate surface area is 116 Å². The van der Waals surface area contributed by atoms with E-state index in [1.165, 1.54) is 18.4 Å². The third-order valence-corrected chi connectivity index (χ3v) is 4.25. The average molecular weight is 309 g/mol. The normalized spacial score (nSPS) is 20.6. The van der Waals surface area contributed by atoms with Gasteiger partial charge in [0.25, 0.3) is 0 Å². The number of aliphatic hydroxyl groups excluding tert-OH is 1. The zero-order valence-corrected chi connectivity index (χ0v) is 11.9. The van der Waals surface area contributed by atoms with E-state index in [4.69, 9.17) is 5.26 Å². The molecule has 1 aliphatic heterocycles. The third-order valence-electron chi connectivity index (χ3n) is 3.52. The van der Waals surface area contributed by atoms with Crippen LogP contribution >= 0.6 is 15.9 Å². The van der Waals surface area contributed by atoms with Crippen molar-refractivity contribution in [3.8, 4) is 6.07 Å². The molecule has 0 aliphatic carbocycles. The summed E-state index contributed by atoms with van der Waals surface area (Å²) in [6, 6.07) is 8.11. The Balaban J connectivity index is 2.10. The van der Waals surface area contributed by atoms with Crippen molar-refractivity contribution < 1.29 is 5.11 Å². The van der Waals surface area contributed by atoms with Crippen molar-refractivity contribution in [2.75, 3.05) is 13.2 Å². The second-order valence-corrected chi connectivity index (χ2v) is 5.57. The number of piperidine rings is 1. The molecular weight excluding hydrogens is 292 g/mol. The highest BCUT2D eigenvalue weighted by Crippen LogP contribution is 2.24. The summed E-state index contributed by atoms with van der Waals surface area (Å²) in [6.07, 6.45) is 3.48. The fourth-order valence-corrected chi connectivity index (χ4v) is 2.94. The van der Waals surface area contributed by atoms with E-state index in [0.717, 1.165) is 24.0 Å². The quantitative estimate of drug-likeness (QED) is 0.934. The fraction of sp³-hybridized carbons (Fsp3) is 0.500. The van der Waals surface area contributed by atoms with E-state index in [9.17, 15) is 5.11 Å². The SMILES string of the molecule is N#Cc1ccc(CN2CCCC[C@@H]2CO)c(Br)c1. The van der Waals surface area contributed by atoms with Gasteiger partial charge in [0.15, 0.2) is 0 Å². The summed E-state index contributed by atoms with van der Waals surface area (Å²) in [4.78, 5) is 2.33. The molecule has 96 valence electrons. The molecule has 1 fully saturated rings. The van der Waals surface area contributed by atoms with Gasteiger partial charge in [0.2, 0.25) is 0 Å². The lowest BCUT2D eigenvalue weighted by Crippen LogP contribution is -2.41. The molecule has 1 aromatic carbocycles. The summed E-state index contributed by atoms with van der Waals surface area (Å²) >= 11 is 3.52. The molecule has 4 heteroatoms. The van der Waals surface area contributed by atoms with Crippen LogP contribution in [0.15, 0.2) is 22.7 Å². The molecule has 0 amide bonds. The number of likely N-dealkylation sites (tertiary alicyclic amines) is 1. The predicted octanol–water partition coefficient (Wildman–Crippen LogP) is 2.67. The highest BCUT2D eigenvalue weighted by Gasteiger charge is 2.22. The minimum Gasteiger partial charge on any atom is -0.395 e. The van der Waals surface area contributed by atoms with E-state index in [0.29, 0.717) is 5.56 Å². The smallest absolute Gasteiger partial charge is 0.0992 e. The Morgan fingerprint density at radius 2 is 2.28 bits per heavy atom. The molecule has 0 radical (unpaired) electrons. The first-order valence-electron chi connectivity index (χ1n) is 6.28. The van der Waals surface area contributed by atoms with Crippen LogP contribution in [0, 0.1) is 11.3 Å². The highest BCUT2D eigenvalue weighted by molar-refractivity contribution is 9.10. The first-order valence-corrected chi connectivity index (χ1v) is 7.07. The molecule has 0 spiro atoms. The molecule has 0 saturated carbocycles. The van der Waals surface area contributed by atoms with Gasteiger partial charge in [-0.05, 0) is 37.1 Å². The van der Waals surface area contributed by atoms with Gasteiger partial charge in [0.05, 0.1) is 18.2 Å². The molecule has 0 aromatic heterocycles. The summed E-state index contributed by atoms with van der Waals surface area (Å²) < 4.78 is 0.976. The number of nitrogens with zero attached hydrogens (tertiary/aromatic N) is 2. The number of hydrogen-bond acceptors (Lipinski definition) is 3. The number of benzene rings is 1. The Bertz CT molecular complexity index is 456. The zero-order chi connectivity index (χ0) is 13.0. The van der Waals surface area contributed by atoms with Gasteiger partial charge in [0.1, 0.15) is 0 Å². The predicted molar refractivity (Wildman–Crippen MR) is 74.0 cm³/mol. The van der Waals surface area contributed by atoms with Gasteiger partial charge >= 0.3 is 0 Å². The molecule has 1 aromatic rings. The van der Waals surface area contributed by atoms with Gasteiger partial charge < -0.3 is 5.11 Å². The molecule has 1 saturated heterocycles. The first-order chi connectivity index (χ1) is 8.74. The number of hydrogen-bond donors (Lipinski definition) is 1. The average Bonchev–Trinajstić information content (AvgIpc) is 2.41. The van der Waals surface area contributed by atoms with Crippen LogP contribution in [0.2, 0.25) is 0 Å². The molecule has 0 bridgehead atoms. The Kier molecular flexibility index (Phi) is 4.76. The summed E-state index contributed by atoms with van der Waals surface area (Å²) in [5.74, 6) is 0. The number of halogens is 1. The van der Waals surface area contributed by atoms with E-state index in [1.807, 2.05) is 18.2 Å². The summed E-state index contributed by atoms with van der Waals surface area (Å²) in [6.45, 7) is 2.10. The highest BCUT2D eigenvalue weighted by atomic mass is 79.9. The van der Waals surface area contributed by atoms with Gasteiger partial charge in [0, 0.05) is 17.1 Å². The van der Waals surface area contributed by atoms with Crippen molar-refractivity contribution in [3.05, 3.63) is 33.8 Å². The van der Waals surface area contributed by atoms with E-state index in [-0.39, 0.29) is 12.6 Å². The molecule has 18 heavy (non-hydrogen) atoms. The lowest BCUT2D eigenvalue weighted by atomic mass is 10.0. The molecule has 1 aliphatic rings. The van der Waals surface area contributed by atoms with Crippen LogP contribution in [0.3, 0.4) is 0 Å². The summed E-state index contributed by atoms with van der Waals surface area (Å²) in [5.41, 5.74) is 1.84. The lowest BCUT2D eigenvalue weighted by Gasteiger charge is -2.34. The molecule has 1 atom stereocenters. The van der Waals surface area contributed by atoms with Crippen LogP contribution in [0.1, 0.15) is 30.4 Å². The van der Waals surface area contributed by atoms with E-state index in [2.05, 4.69) is 26.9 Å². The maximum absolute atomic E-state index is 9.39. The third kappa shape index (κ3) is 3.11. The number of nitriles is 1. The molecular formula is C14H17BrN2O. The summed E-state index contributed by atoms with van der Waals surface area (Å²) in [5, 5.41) is 18.2. The maximum Gasteiger partial charge on any atom is 0.0992 e. The van der Waals surface area contributed by atoms with Crippen molar-refractivity contribution in [1.82, 2.24) is 4.90 Å². The monoisotopic (exact) mass is 308 g/mol. The maximum atomic E-state index is 9.39. The second-order valence-electron chi connectivity index (χ2n) is 4.72. The van der Waals surface area contributed by atoms with Crippen LogP contribution in [0.4, 0.5) is 0 Å². The Hall–Kier alpha value is -0.890. The Morgan fingerprint density at radius 3 is 2.94 bits per heavy atom. The standard InChI is InChI=1S/C14H17BrN2O/c15-14-7-11(8-16)4-5-12(14)9-17-6-2-1-3-13(17)10-18/h4-5,7,13,18H,1-3,6,9-10H2/t13-/m1/s1. The van der Waals surface area contributed by atoms with E-state index in [1.54, 1.807) is 0 Å².